The van der Waals surface area contributed by atoms with Crippen molar-refractivity contribution in [2.75, 3.05) is 6.79 Å². The smallest absolute Gasteiger partial charge is 0.270 e. The molecule has 0 aliphatic carbocycles. The zero-order valence-electron chi connectivity index (χ0n) is 15.5. The van der Waals surface area contributed by atoms with Crippen molar-refractivity contribution in [3.8, 4) is 17.1 Å². The van der Waals surface area contributed by atoms with Crippen molar-refractivity contribution in [3.05, 3.63) is 63.5 Å². The molecule has 0 unspecified atom stereocenters. The van der Waals surface area contributed by atoms with Gasteiger partial charge in [-0.1, -0.05) is 11.8 Å². The van der Waals surface area contributed by atoms with Crippen molar-refractivity contribution in [1.29, 1.82) is 0 Å². The summed E-state index contributed by atoms with van der Waals surface area (Å²) in [5, 5.41) is 20.4. The van der Waals surface area contributed by atoms with Crippen LogP contribution < -0.4 is 4.74 Å². The molecule has 10 heteroatoms. The Morgan fingerprint density at radius 2 is 2.07 bits per heavy atom. The lowest BCUT2D eigenvalue weighted by Gasteiger charge is -2.20. The molecule has 0 bridgehead atoms. The molecule has 2 aromatic carbocycles. The Hall–Kier alpha value is -2.98. The lowest BCUT2D eigenvalue weighted by Crippen LogP contribution is -2.13. The van der Waals surface area contributed by atoms with Crippen molar-refractivity contribution >= 4 is 17.4 Å². The SMILES string of the molecule is CCn1c(SCc2cc([N+](=O)[O-])cc3c2OCOC3)nnc1-c1ccc(F)cc1. The molecule has 150 valence electrons. The van der Waals surface area contributed by atoms with Gasteiger partial charge in [0.2, 0.25) is 0 Å². The number of halogens is 1. The number of nitro benzene ring substituents is 1. The van der Waals surface area contributed by atoms with Crippen molar-refractivity contribution in [3.63, 3.8) is 0 Å². The molecule has 0 fully saturated rings. The number of hydrogen-bond donors (Lipinski definition) is 0. The Balaban J connectivity index is 1.62. The number of ether oxygens (including phenoxy) is 2. The number of aromatic nitrogens is 3. The lowest BCUT2D eigenvalue weighted by atomic mass is 10.1. The summed E-state index contributed by atoms with van der Waals surface area (Å²) < 4.78 is 26.0. The summed E-state index contributed by atoms with van der Waals surface area (Å²) in [5.74, 6) is 1.37. The van der Waals surface area contributed by atoms with E-state index in [1.165, 1.54) is 36.0 Å². The van der Waals surface area contributed by atoms with Crippen LogP contribution in [0.5, 0.6) is 5.75 Å². The van der Waals surface area contributed by atoms with Gasteiger partial charge in [-0.15, -0.1) is 10.2 Å². The first-order valence-electron chi connectivity index (χ1n) is 8.89. The zero-order chi connectivity index (χ0) is 20.4. The van der Waals surface area contributed by atoms with Crippen LogP contribution in [0.25, 0.3) is 11.4 Å². The summed E-state index contributed by atoms with van der Waals surface area (Å²) in [5.41, 5.74) is 2.12. The minimum absolute atomic E-state index is 0.00240. The topological polar surface area (TPSA) is 92.3 Å². The van der Waals surface area contributed by atoms with Gasteiger partial charge in [-0.2, -0.15) is 0 Å². The van der Waals surface area contributed by atoms with Crippen LogP contribution in [0.4, 0.5) is 10.1 Å². The van der Waals surface area contributed by atoms with E-state index in [4.69, 9.17) is 9.47 Å². The first-order valence-corrected chi connectivity index (χ1v) is 9.88. The molecule has 8 nitrogen and oxygen atoms in total. The molecule has 1 aliphatic heterocycles. The molecular formula is C19H17FN4O4S. The van der Waals surface area contributed by atoms with Crippen LogP contribution in [0, 0.1) is 15.9 Å². The number of nitrogens with zero attached hydrogens (tertiary/aromatic N) is 4. The number of benzene rings is 2. The molecule has 0 atom stereocenters. The summed E-state index contributed by atoms with van der Waals surface area (Å²) in [6, 6.07) is 9.07. The number of fused-ring (bicyclic) bond motifs is 1. The fourth-order valence-corrected chi connectivity index (χ4v) is 4.10. The van der Waals surface area contributed by atoms with Gasteiger partial charge in [0.1, 0.15) is 11.6 Å². The van der Waals surface area contributed by atoms with E-state index in [-0.39, 0.29) is 24.9 Å². The van der Waals surface area contributed by atoms with Gasteiger partial charge in [0.15, 0.2) is 17.8 Å². The molecule has 4 rings (SSSR count). The largest absolute Gasteiger partial charge is 0.467 e. The van der Waals surface area contributed by atoms with Gasteiger partial charge in [-0.05, 0) is 31.2 Å². The second-order valence-corrected chi connectivity index (χ2v) is 7.25. The summed E-state index contributed by atoms with van der Waals surface area (Å²) in [6.45, 7) is 2.98. The van der Waals surface area contributed by atoms with Gasteiger partial charge in [0, 0.05) is 41.1 Å². The molecular weight excluding hydrogens is 399 g/mol. The van der Waals surface area contributed by atoms with Gasteiger partial charge in [-0.25, -0.2) is 4.39 Å². The molecule has 0 amide bonds. The third-order valence-corrected chi connectivity index (χ3v) is 5.49. The number of hydrogen-bond acceptors (Lipinski definition) is 7. The first kappa shape index (κ1) is 19.3. The predicted octanol–water partition coefficient (Wildman–Crippen LogP) is 4.17. The average Bonchev–Trinajstić information content (AvgIpc) is 3.15. The number of thioether (sulfide) groups is 1. The van der Waals surface area contributed by atoms with E-state index < -0.39 is 4.92 Å². The van der Waals surface area contributed by atoms with Crippen LogP contribution in [0.2, 0.25) is 0 Å². The molecule has 1 aromatic heterocycles. The third-order valence-electron chi connectivity index (χ3n) is 4.47. The van der Waals surface area contributed by atoms with E-state index in [1.807, 2.05) is 11.5 Å². The molecule has 1 aliphatic rings. The van der Waals surface area contributed by atoms with Crippen LogP contribution in [0.15, 0.2) is 41.6 Å². The number of rotatable bonds is 6. The van der Waals surface area contributed by atoms with E-state index in [0.717, 1.165) is 5.56 Å². The minimum atomic E-state index is -0.426. The Morgan fingerprint density at radius 3 is 2.79 bits per heavy atom. The summed E-state index contributed by atoms with van der Waals surface area (Å²) in [4.78, 5) is 10.8. The number of non-ortho nitro benzene ring substituents is 1. The quantitative estimate of drug-likeness (QED) is 0.338. The summed E-state index contributed by atoms with van der Waals surface area (Å²) in [6.07, 6.45) is 0. The fourth-order valence-electron chi connectivity index (χ4n) is 3.13. The Labute approximate surface area is 169 Å². The molecule has 29 heavy (non-hydrogen) atoms. The zero-order valence-corrected chi connectivity index (χ0v) is 16.3. The molecule has 0 saturated carbocycles. The maximum Gasteiger partial charge on any atom is 0.270 e. The van der Waals surface area contributed by atoms with Crippen LogP contribution in [0.1, 0.15) is 18.1 Å². The van der Waals surface area contributed by atoms with Gasteiger partial charge < -0.3 is 14.0 Å². The molecule has 0 saturated heterocycles. The highest BCUT2D eigenvalue weighted by Gasteiger charge is 2.22. The van der Waals surface area contributed by atoms with Crippen LogP contribution in [-0.2, 0) is 23.6 Å². The van der Waals surface area contributed by atoms with Crippen molar-refractivity contribution in [2.24, 2.45) is 0 Å². The van der Waals surface area contributed by atoms with E-state index in [0.29, 0.717) is 40.2 Å². The normalized spacial score (nSPS) is 13.0. The first-order chi connectivity index (χ1) is 14.1. The van der Waals surface area contributed by atoms with Crippen LogP contribution in [-0.4, -0.2) is 26.5 Å². The van der Waals surface area contributed by atoms with E-state index in [1.54, 1.807) is 12.1 Å². The Morgan fingerprint density at radius 1 is 1.28 bits per heavy atom. The third kappa shape index (κ3) is 3.94. The van der Waals surface area contributed by atoms with Crippen LogP contribution in [0.3, 0.4) is 0 Å². The average molecular weight is 416 g/mol. The maximum absolute atomic E-state index is 13.2. The standard InChI is InChI=1S/C19H17FN4O4S/c1-2-23-18(12-3-5-15(20)6-4-12)21-22-19(23)29-10-14-8-16(24(25)26)7-13-9-27-11-28-17(13)14/h3-8H,2,9-11H2,1H3. The Bertz CT molecular complexity index is 1060. The fraction of sp³-hybridized carbons (Fsp3) is 0.263. The maximum atomic E-state index is 13.2. The lowest BCUT2D eigenvalue weighted by molar-refractivity contribution is -0.385. The molecule has 0 radical (unpaired) electrons. The highest BCUT2D eigenvalue weighted by atomic mass is 32.2. The monoisotopic (exact) mass is 416 g/mol. The van der Waals surface area contributed by atoms with Crippen molar-refractivity contribution in [1.82, 2.24) is 14.8 Å². The van der Waals surface area contributed by atoms with Gasteiger partial charge in [0.25, 0.3) is 5.69 Å². The van der Waals surface area contributed by atoms with E-state index in [2.05, 4.69) is 10.2 Å². The Kier molecular flexibility index (Phi) is 5.45. The summed E-state index contributed by atoms with van der Waals surface area (Å²) >= 11 is 1.41. The van der Waals surface area contributed by atoms with E-state index >= 15 is 0 Å². The minimum Gasteiger partial charge on any atom is -0.467 e. The van der Waals surface area contributed by atoms with E-state index in [9.17, 15) is 14.5 Å². The molecule has 2 heterocycles. The summed E-state index contributed by atoms with van der Waals surface area (Å²) in [7, 11) is 0. The molecule has 3 aromatic rings. The molecule has 0 N–H and O–H groups in total. The van der Waals surface area contributed by atoms with Gasteiger partial charge in [0.05, 0.1) is 11.5 Å². The highest BCUT2D eigenvalue weighted by Crippen LogP contribution is 2.36. The van der Waals surface area contributed by atoms with Gasteiger partial charge in [-0.3, -0.25) is 10.1 Å². The van der Waals surface area contributed by atoms with Gasteiger partial charge >= 0.3 is 0 Å². The second kappa shape index (κ2) is 8.18. The predicted molar refractivity (Wildman–Crippen MR) is 104 cm³/mol. The van der Waals surface area contributed by atoms with Crippen molar-refractivity contribution < 1.29 is 18.8 Å². The molecule has 0 spiro atoms. The second-order valence-electron chi connectivity index (χ2n) is 6.31. The number of nitro groups is 1. The highest BCUT2D eigenvalue weighted by molar-refractivity contribution is 7.98. The van der Waals surface area contributed by atoms with Crippen molar-refractivity contribution in [2.45, 2.75) is 31.0 Å². The van der Waals surface area contributed by atoms with Crippen LogP contribution >= 0.6 is 11.8 Å².